The van der Waals surface area contributed by atoms with Crippen molar-refractivity contribution < 1.29 is 0 Å². The van der Waals surface area contributed by atoms with Crippen molar-refractivity contribution in [3.05, 3.63) is 40.3 Å². The molecule has 0 aliphatic rings. The van der Waals surface area contributed by atoms with E-state index < -0.39 is 0 Å². The summed E-state index contributed by atoms with van der Waals surface area (Å²) in [5.41, 5.74) is 6.31. The van der Waals surface area contributed by atoms with E-state index in [0.29, 0.717) is 5.95 Å². The lowest BCUT2D eigenvalue weighted by Gasteiger charge is -2.20. The number of rotatable bonds is 4. The van der Waals surface area contributed by atoms with Gasteiger partial charge in [0.2, 0.25) is 5.95 Å². The normalized spacial score (nSPS) is 10.8. The van der Waals surface area contributed by atoms with E-state index in [-0.39, 0.29) is 0 Å². The fourth-order valence-electron chi connectivity index (χ4n) is 2.18. The molecule has 0 fully saturated rings. The summed E-state index contributed by atoms with van der Waals surface area (Å²) in [6.45, 7) is 2.77. The third kappa shape index (κ3) is 2.65. The van der Waals surface area contributed by atoms with Gasteiger partial charge in [0, 0.05) is 17.3 Å². The van der Waals surface area contributed by atoms with Gasteiger partial charge in [0.05, 0.1) is 23.3 Å². The summed E-state index contributed by atoms with van der Waals surface area (Å²) in [6.07, 6.45) is 0. The maximum Gasteiger partial charge on any atom is 0.239 e. The summed E-state index contributed by atoms with van der Waals surface area (Å²) in [7, 11) is 2.01. The number of anilines is 2. The van der Waals surface area contributed by atoms with Crippen LogP contribution in [-0.4, -0.2) is 22.0 Å². The number of hydrazine groups is 1. The number of nitrogens with one attached hydrogen (secondary N) is 1. The van der Waals surface area contributed by atoms with Gasteiger partial charge >= 0.3 is 0 Å². The third-order valence-corrected chi connectivity index (χ3v) is 4.22. The number of nitrogen functional groups attached to an aromatic ring is 1. The van der Waals surface area contributed by atoms with E-state index in [9.17, 15) is 0 Å². The van der Waals surface area contributed by atoms with Gasteiger partial charge in [0.1, 0.15) is 5.82 Å². The van der Waals surface area contributed by atoms with Crippen LogP contribution in [0.1, 0.15) is 10.6 Å². The molecule has 0 saturated carbocycles. The first-order chi connectivity index (χ1) is 10.2. The van der Waals surface area contributed by atoms with Gasteiger partial charge in [-0.1, -0.05) is 12.1 Å². The molecular weight excluding hydrogens is 284 g/mol. The van der Waals surface area contributed by atoms with E-state index in [2.05, 4.69) is 25.3 Å². The minimum atomic E-state index is 0.413. The van der Waals surface area contributed by atoms with Gasteiger partial charge in [0.15, 0.2) is 0 Å². The zero-order chi connectivity index (χ0) is 14.8. The molecule has 108 valence electrons. The van der Waals surface area contributed by atoms with Crippen molar-refractivity contribution in [2.75, 3.05) is 17.4 Å². The summed E-state index contributed by atoms with van der Waals surface area (Å²) >= 11 is 1.65. The van der Waals surface area contributed by atoms with Gasteiger partial charge in [-0.3, -0.25) is 5.43 Å². The van der Waals surface area contributed by atoms with Crippen LogP contribution in [-0.2, 0) is 6.54 Å². The highest BCUT2D eigenvalue weighted by Crippen LogP contribution is 2.26. The fourth-order valence-corrected chi connectivity index (χ4v) is 3.01. The Bertz CT molecular complexity index is 769. The van der Waals surface area contributed by atoms with Gasteiger partial charge in [-0.15, -0.1) is 11.3 Å². The van der Waals surface area contributed by atoms with Crippen molar-refractivity contribution in [2.45, 2.75) is 13.5 Å². The number of para-hydroxylation sites is 1. The molecule has 2 heterocycles. The highest BCUT2D eigenvalue weighted by molar-refractivity contribution is 7.09. The van der Waals surface area contributed by atoms with Crippen LogP contribution in [0.2, 0.25) is 0 Å². The molecule has 3 N–H and O–H groups in total. The van der Waals surface area contributed by atoms with E-state index in [1.807, 2.05) is 43.7 Å². The second-order valence-electron chi connectivity index (χ2n) is 4.75. The summed E-state index contributed by atoms with van der Waals surface area (Å²) < 4.78 is 0. The third-order valence-electron chi connectivity index (χ3n) is 3.30. The van der Waals surface area contributed by atoms with E-state index in [1.165, 1.54) is 4.88 Å². The lowest BCUT2D eigenvalue weighted by molar-refractivity contribution is 0.903. The lowest BCUT2D eigenvalue weighted by Crippen LogP contribution is -2.20. The van der Waals surface area contributed by atoms with Crippen LogP contribution in [0.4, 0.5) is 11.8 Å². The Labute approximate surface area is 126 Å². The highest BCUT2D eigenvalue weighted by Gasteiger charge is 2.13. The van der Waals surface area contributed by atoms with Crippen molar-refractivity contribution in [3.8, 4) is 0 Å². The molecule has 3 aromatic rings. The van der Waals surface area contributed by atoms with Crippen LogP contribution in [0.25, 0.3) is 10.9 Å². The first kappa shape index (κ1) is 13.7. The molecule has 0 aliphatic carbocycles. The van der Waals surface area contributed by atoms with Crippen molar-refractivity contribution in [3.63, 3.8) is 0 Å². The molecule has 0 atom stereocenters. The Morgan fingerprint density at radius 1 is 1.29 bits per heavy atom. The zero-order valence-electron chi connectivity index (χ0n) is 11.9. The quantitative estimate of drug-likeness (QED) is 0.568. The van der Waals surface area contributed by atoms with Crippen molar-refractivity contribution in [1.29, 1.82) is 0 Å². The monoisotopic (exact) mass is 300 g/mol. The molecule has 3 rings (SSSR count). The second kappa shape index (κ2) is 5.63. The first-order valence-corrected chi connectivity index (χ1v) is 7.40. The number of nitrogens with two attached hydrogens (primary N) is 1. The molecule has 0 bridgehead atoms. The standard InChI is InChI=1S/C14H16N6S/c1-9-12(21-8-16-9)7-20(2)13-10-5-3-4-6-11(10)17-14(18-13)19-15/h3-6,8H,7,15H2,1-2H3,(H,17,18,19). The van der Waals surface area contributed by atoms with Gasteiger partial charge < -0.3 is 4.90 Å². The predicted molar refractivity (Wildman–Crippen MR) is 86.3 cm³/mol. The second-order valence-corrected chi connectivity index (χ2v) is 5.69. The molecule has 0 unspecified atom stereocenters. The number of aromatic nitrogens is 3. The largest absolute Gasteiger partial charge is 0.354 e. The van der Waals surface area contributed by atoms with Crippen LogP contribution < -0.4 is 16.2 Å². The Kier molecular flexibility index (Phi) is 3.68. The SMILES string of the molecule is Cc1ncsc1CN(C)c1nc(NN)nc2ccccc12. The smallest absolute Gasteiger partial charge is 0.239 e. The molecular formula is C14H16N6S. The predicted octanol–water partition coefficient (Wildman–Crippen LogP) is 2.32. The summed E-state index contributed by atoms with van der Waals surface area (Å²) in [5, 5.41) is 1.00. The Hall–Kier alpha value is -2.25. The molecule has 0 saturated heterocycles. The Morgan fingerprint density at radius 2 is 2.10 bits per heavy atom. The van der Waals surface area contributed by atoms with Crippen LogP contribution >= 0.6 is 11.3 Å². The summed E-state index contributed by atoms with van der Waals surface area (Å²) in [6, 6.07) is 7.90. The number of benzene rings is 1. The van der Waals surface area contributed by atoms with E-state index >= 15 is 0 Å². The summed E-state index contributed by atoms with van der Waals surface area (Å²) in [5.74, 6) is 6.73. The number of fused-ring (bicyclic) bond motifs is 1. The number of aryl methyl sites for hydroxylation is 1. The van der Waals surface area contributed by atoms with Crippen molar-refractivity contribution in [2.24, 2.45) is 5.84 Å². The maximum atomic E-state index is 5.47. The molecule has 0 amide bonds. The minimum Gasteiger partial charge on any atom is -0.354 e. The minimum absolute atomic E-state index is 0.413. The van der Waals surface area contributed by atoms with Gasteiger partial charge in [-0.05, 0) is 19.1 Å². The van der Waals surface area contributed by atoms with Crippen molar-refractivity contribution in [1.82, 2.24) is 15.0 Å². The average molecular weight is 300 g/mol. The van der Waals surface area contributed by atoms with E-state index in [4.69, 9.17) is 5.84 Å². The highest BCUT2D eigenvalue weighted by atomic mass is 32.1. The summed E-state index contributed by atoms with van der Waals surface area (Å²) in [4.78, 5) is 16.5. The average Bonchev–Trinajstić information content (AvgIpc) is 2.91. The fraction of sp³-hybridized carbons (Fsp3) is 0.214. The van der Waals surface area contributed by atoms with Gasteiger partial charge in [-0.25, -0.2) is 15.8 Å². The molecule has 0 aliphatic heterocycles. The topological polar surface area (TPSA) is 80.0 Å². The van der Waals surface area contributed by atoms with Crippen LogP contribution in [0, 0.1) is 6.92 Å². The van der Waals surface area contributed by atoms with Crippen molar-refractivity contribution >= 4 is 34.0 Å². The Morgan fingerprint density at radius 3 is 2.81 bits per heavy atom. The molecule has 7 heteroatoms. The number of thiazole rings is 1. The van der Waals surface area contributed by atoms with Crippen LogP contribution in [0.15, 0.2) is 29.8 Å². The van der Waals surface area contributed by atoms with Crippen LogP contribution in [0.5, 0.6) is 0 Å². The lowest BCUT2D eigenvalue weighted by atomic mass is 10.2. The molecule has 6 nitrogen and oxygen atoms in total. The number of hydrogen-bond donors (Lipinski definition) is 2. The molecule has 2 aromatic heterocycles. The molecule has 0 radical (unpaired) electrons. The van der Waals surface area contributed by atoms with E-state index in [0.717, 1.165) is 29.0 Å². The first-order valence-electron chi connectivity index (χ1n) is 6.52. The maximum absolute atomic E-state index is 5.47. The number of hydrogen-bond acceptors (Lipinski definition) is 7. The zero-order valence-corrected chi connectivity index (χ0v) is 12.7. The van der Waals surface area contributed by atoms with Gasteiger partial charge in [-0.2, -0.15) is 4.98 Å². The molecule has 1 aromatic carbocycles. The molecule has 21 heavy (non-hydrogen) atoms. The van der Waals surface area contributed by atoms with E-state index in [1.54, 1.807) is 11.3 Å². The Balaban J connectivity index is 2.04. The number of nitrogens with zero attached hydrogens (tertiary/aromatic N) is 4. The molecule has 0 spiro atoms. The van der Waals surface area contributed by atoms with Crippen LogP contribution in [0.3, 0.4) is 0 Å². The van der Waals surface area contributed by atoms with Gasteiger partial charge in [0.25, 0.3) is 0 Å².